The van der Waals surface area contributed by atoms with Gasteiger partial charge in [0.1, 0.15) is 17.4 Å². The Kier molecular flexibility index (Phi) is 7.05. The summed E-state index contributed by atoms with van der Waals surface area (Å²) < 4.78 is 12.6. The maximum atomic E-state index is 13.7. The van der Waals surface area contributed by atoms with Crippen molar-refractivity contribution in [1.29, 1.82) is 0 Å². The first kappa shape index (κ1) is 25.6. The summed E-state index contributed by atoms with van der Waals surface area (Å²) in [5.74, 6) is 0.944. The number of hydrogen-bond acceptors (Lipinski definition) is 6. The van der Waals surface area contributed by atoms with Gasteiger partial charge in [-0.3, -0.25) is 9.59 Å². The van der Waals surface area contributed by atoms with Crippen molar-refractivity contribution in [2.45, 2.75) is 19.9 Å². The number of nitrogens with one attached hydrogen (secondary N) is 3. The minimum absolute atomic E-state index is 0.294. The lowest BCUT2D eigenvalue weighted by atomic mass is 9.94. The minimum Gasteiger partial charge on any atom is -0.493 e. The number of benzene rings is 3. The normalized spacial score (nSPS) is 14.2. The smallest absolute Gasteiger partial charge is 0.261 e. The maximum Gasteiger partial charge on any atom is 0.261 e. The van der Waals surface area contributed by atoms with Gasteiger partial charge in [-0.25, -0.2) is 4.68 Å². The Morgan fingerprint density at radius 1 is 0.846 bits per heavy atom. The molecule has 2 amide bonds. The molecule has 1 atom stereocenters. The van der Waals surface area contributed by atoms with E-state index in [9.17, 15) is 9.59 Å². The Morgan fingerprint density at radius 2 is 1.51 bits per heavy atom. The second kappa shape index (κ2) is 10.7. The summed E-state index contributed by atoms with van der Waals surface area (Å²) >= 11 is 0. The van der Waals surface area contributed by atoms with Gasteiger partial charge in [0.25, 0.3) is 11.8 Å². The van der Waals surface area contributed by atoms with Crippen molar-refractivity contribution >= 4 is 29.0 Å². The Morgan fingerprint density at radius 3 is 2.21 bits per heavy atom. The third kappa shape index (κ3) is 5.06. The number of amides is 2. The van der Waals surface area contributed by atoms with Gasteiger partial charge in [0.05, 0.1) is 26.0 Å². The van der Waals surface area contributed by atoms with Crippen LogP contribution in [0.15, 0.2) is 90.3 Å². The zero-order valence-electron chi connectivity index (χ0n) is 22.1. The number of hydrogen-bond donors (Lipinski definition) is 3. The third-order valence-electron chi connectivity index (χ3n) is 6.58. The van der Waals surface area contributed by atoms with Gasteiger partial charge < -0.3 is 25.4 Å². The van der Waals surface area contributed by atoms with E-state index in [0.29, 0.717) is 45.5 Å². The number of anilines is 3. The molecule has 2 heterocycles. The molecule has 5 rings (SSSR count). The standard InChI is InChI=1S/C30H29N5O4/c1-18-10-13-22(14-11-18)33-29(36)23-17-31-35-27(20-12-15-24(38-3)25(16-20)39-4)26(19(2)32-28(23)35)30(37)34-21-8-6-5-7-9-21/h5-17,27,32H,1-4H3,(H,33,36)(H,34,37). The summed E-state index contributed by atoms with van der Waals surface area (Å²) in [4.78, 5) is 27.0. The SMILES string of the molecule is COc1ccc(C2C(C(=O)Nc3ccccc3)=C(C)Nc3c(C(=O)Nc4ccc(C)cc4)cnn32)cc1OC. The maximum absolute atomic E-state index is 13.7. The van der Waals surface area contributed by atoms with Crippen LogP contribution in [0.1, 0.15) is 34.5 Å². The van der Waals surface area contributed by atoms with Crippen LogP contribution >= 0.6 is 0 Å². The highest BCUT2D eigenvalue weighted by atomic mass is 16.5. The number of nitrogens with zero attached hydrogens (tertiary/aromatic N) is 2. The number of fused-ring (bicyclic) bond motifs is 1. The van der Waals surface area contributed by atoms with Crippen molar-refractivity contribution in [1.82, 2.24) is 9.78 Å². The van der Waals surface area contributed by atoms with Crippen LogP contribution in [0.5, 0.6) is 11.5 Å². The third-order valence-corrected chi connectivity index (χ3v) is 6.58. The Balaban J connectivity index is 1.57. The van der Waals surface area contributed by atoms with E-state index in [1.54, 1.807) is 25.0 Å². The van der Waals surface area contributed by atoms with Crippen LogP contribution in [0.4, 0.5) is 17.2 Å². The molecule has 9 nitrogen and oxygen atoms in total. The topological polar surface area (TPSA) is 107 Å². The van der Waals surface area contributed by atoms with Gasteiger partial charge >= 0.3 is 0 Å². The van der Waals surface area contributed by atoms with Crippen LogP contribution in [0.25, 0.3) is 0 Å². The molecule has 0 bridgehead atoms. The van der Waals surface area contributed by atoms with Crippen LogP contribution in [0.2, 0.25) is 0 Å². The van der Waals surface area contributed by atoms with E-state index in [4.69, 9.17) is 9.47 Å². The molecular weight excluding hydrogens is 494 g/mol. The highest BCUT2D eigenvalue weighted by molar-refractivity contribution is 6.09. The zero-order valence-corrected chi connectivity index (χ0v) is 22.1. The molecule has 3 aromatic carbocycles. The molecule has 0 spiro atoms. The number of aromatic nitrogens is 2. The molecule has 1 aliphatic heterocycles. The molecule has 198 valence electrons. The van der Waals surface area contributed by atoms with E-state index in [1.807, 2.05) is 80.6 Å². The van der Waals surface area contributed by atoms with E-state index in [1.165, 1.54) is 6.20 Å². The molecule has 0 fully saturated rings. The van der Waals surface area contributed by atoms with Crippen LogP contribution in [0, 0.1) is 6.92 Å². The fourth-order valence-corrected chi connectivity index (χ4v) is 4.60. The van der Waals surface area contributed by atoms with Gasteiger partial charge in [0.2, 0.25) is 0 Å². The molecular formula is C30H29N5O4. The lowest BCUT2D eigenvalue weighted by Gasteiger charge is -2.30. The van der Waals surface area contributed by atoms with E-state index >= 15 is 0 Å². The van der Waals surface area contributed by atoms with Crippen molar-refractivity contribution in [3.05, 3.63) is 107 Å². The quantitative estimate of drug-likeness (QED) is 0.300. The molecule has 9 heteroatoms. The van der Waals surface area contributed by atoms with E-state index < -0.39 is 6.04 Å². The average molecular weight is 524 g/mol. The molecule has 1 unspecified atom stereocenters. The number of para-hydroxylation sites is 1. The summed E-state index contributed by atoms with van der Waals surface area (Å²) in [6, 6.07) is 21.6. The first-order chi connectivity index (χ1) is 18.9. The Bertz CT molecular complexity index is 1560. The highest BCUT2D eigenvalue weighted by Gasteiger charge is 2.36. The molecule has 0 saturated heterocycles. The van der Waals surface area contributed by atoms with Gasteiger partial charge in [-0.05, 0) is 55.8 Å². The van der Waals surface area contributed by atoms with Gasteiger partial charge in [0.15, 0.2) is 11.5 Å². The van der Waals surface area contributed by atoms with Crippen molar-refractivity contribution in [2.24, 2.45) is 0 Å². The summed E-state index contributed by atoms with van der Waals surface area (Å²) in [6.45, 7) is 3.80. The molecule has 3 N–H and O–H groups in total. The van der Waals surface area contributed by atoms with Gasteiger partial charge in [-0.15, -0.1) is 0 Å². The van der Waals surface area contributed by atoms with E-state index in [0.717, 1.165) is 11.1 Å². The molecule has 1 aromatic heterocycles. The minimum atomic E-state index is -0.648. The molecule has 4 aromatic rings. The first-order valence-electron chi connectivity index (χ1n) is 12.4. The summed E-state index contributed by atoms with van der Waals surface area (Å²) in [7, 11) is 3.12. The van der Waals surface area contributed by atoms with Crippen molar-refractivity contribution in [3.63, 3.8) is 0 Å². The van der Waals surface area contributed by atoms with Crippen molar-refractivity contribution in [2.75, 3.05) is 30.2 Å². The van der Waals surface area contributed by atoms with Crippen LogP contribution in [0.3, 0.4) is 0 Å². The second-order valence-corrected chi connectivity index (χ2v) is 9.17. The first-order valence-corrected chi connectivity index (χ1v) is 12.4. The molecule has 0 radical (unpaired) electrons. The lowest BCUT2D eigenvalue weighted by Crippen LogP contribution is -2.32. The second-order valence-electron chi connectivity index (χ2n) is 9.17. The van der Waals surface area contributed by atoms with E-state index in [-0.39, 0.29) is 11.8 Å². The number of ether oxygens (including phenoxy) is 2. The summed E-state index contributed by atoms with van der Waals surface area (Å²) in [6.07, 6.45) is 1.50. The van der Waals surface area contributed by atoms with Gasteiger partial charge in [0, 0.05) is 17.1 Å². The lowest BCUT2D eigenvalue weighted by molar-refractivity contribution is -0.113. The van der Waals surface area contributed by atoms with Gasteiger partial charge in [-0.1, -0.05) is 42.0 Å². The number of aryl methyl sites for hydroxylation is 1. The summed E-state index contributed by atoms with van der Waals surface area (Å²) in [5, 5.41) is 13.7. The average Bonchev–Trinajstić information content (AvgIpc) is 3.37. The predicted molar refractivity (Wildman–Crippen MR) is 150 cm³/mol. The highest BCUT2D eigenvalue weighted by Crippen LogP contribution is 2.40. The molecule has 0 aliphatic carbocycles. The van der Waals surface area contributed by atoms with Crippen LogP contribution < -0.4 is 25.4 Å². The number of allylic oxidation sites excluding steroid dienone is 1. The van der Waals surface area contributed by atoms with Crippen molar-refractivity contribution < 1.29 is 19.1 Å². The fraction of sp³-hybridized carbons (Fsp3) is 0.167. The largest absolute Gasteiger partial charge is 0.493 e. The van der Waals surface area contributed by atoms with E-state index in [2.05, 4.69) is 21.0 Å². The van der Waals surface area contributed by atoms with Crippen LogP contribution in [-0.4, -0.2) is 35.8 Å². The number of carbonyl (C=O) groups excluding carboxylic acids is 2. The molecule has 39 heavy (non-hydrogen) atoms. The number of methoxy groups -OCH3 is 2. The Hall–Kier alpha value is -5.05. The van der Waals surface area contributed by atoms with Crippen LogP contribution in [-0.2, 0) is 4.79 Å². The monoisotopic (exact) mass is 523 g/mol. The summed E-state index contributed by atoms with van der Waals surface area (Å²) in [5.41, 5.74) is 4.57. The van der Waals surface area contributed by atoms with Gasteiger partial charge in [-0.2, -0.15) is 5.10 Å². The molecule has 0 saturated carbocycles. The number of rotatable bonds is 7. The van der Waals surface area contributed by atoms with Crippen molar-refractivity contribution in [3.8, 4) is 11.5 Å². The Labute approximate surface area is 226 Å². The zero-order chi connectivity index (χ0) is 27.5. The number of carbonyl (C=O) groups is 2. The fourth-order valence-electron chi connectivity index (χ4n) is 4.60. The predicted octanol–water partition coefficient (Wildman–Crippen LogP) is 5.39. The molecule has 1 aliphatic rings.